The number of methoxy groups -OCH3 is 2. The van der Waals surface area contributed by atoms with Crippen molar-refractivity contribution in [1.82, 2.24) is 0 Å². The minimum atomic E-state index is -2.91. The topological polar surface area (TPSA) is 47.9 Å². The van der Waals surface area contributed by atoms with Gasteiger partial charge in [-0.3, -0.25) is 0 Å². The van der Waals surface area contributed by atoms with E-state index >= 15 is 0 Å². The van der Waals surface area contributed by atoms with Gasteiger partial charge in [0, 0.05) is 0 Å². The molecule has 0 aromatic heterocycles. The summed E-state index contributed by atoms with van der Waals surface area (Å²) in [6.07, 6.45) is -1.43. The van der Waals surface area contributed by atoms with E-state index in [0.29, 0.717) is 0 Å². The van der Waals surface area contributed by atoms with Gasteiger partial charge in [0.2, 0.25) is 0 Å². The summed E-state index contributed by atoms with van der Waals surface area (Å²) in [6, 6.07) is -3.13. The first-order valence-corrected chi connectivity index (χ1v) is 7.74. The molecule has 1 unspecified atom stereocenters. The first-order chi connectivity index (χ1) is 16.9. The Morgan fingerprint density at radius 1 is 1.16 bits per heavy atom. The second-order valence-corrected chi connectivity index (χ2v) is 5.25. The number of ether oxygens (including phenoxy) is 3. The van der Waals surface area contributed by atoms with Crippen molar-refractivity contribution in [3.63, 3.8) is 0 Å². The predicted molar refractivity (Wildman–Crippen MR) is 99.8 cm³/mol. The third-order valence-corrected chi connectivity index (χ3v) is 3.28. The Hall–Kier alpha value is -2.20. The van der Waals surface area contributed by atoms with Crippen LogP contribution in [0.15, 0.2) is 42.3 Å². The maximum Gasteiger partial charge on any atom is 0.160 e. The fraction of sp³-hybridized carbons (Fsp3) is 0.429. The van der Waals surface area contributed by atoms with Crippen LogP contribution in [-0.2, 0) is 6.42 Å². The van der Waals surface area contributed by atoms with Crippen molar-refractivity contribution in [1.29, 1.82) is 0 Å². The van der Waals surface area contributed by atoms with E-state index in [2.05, 4.69) is 0 Å². The van der Waals surface area contributed by atoms with Gasteiger partial charge in [-0.1, -0.05) is 24.5 Å². The monoisotopic (exact) mass is 356 g/mol. The molecule has 25 heavy (non-hydrogen) atoms. The second kappa shape index (κ2) is 9.94. The summed E-state index contributed by atoms with van der Waals surface area (Å²) in [5.74, 6) is -1.38. The van der Waals surface area contributed by atoms with Crippen LogP contribution in [0.3, 0.4) is 0 Å². The summed E-state index contributed by atoms with van der Waals surface area (Å²) < 4.78 is 109. The molecule has 0 amide bonds. The highest BCUT2D eigenvalue weighted by Crippen LogP contribution is 2.28. The molecular formula is C21H28O4. The van der Waals surface area contributed by atoms with Crippen LogP contribution in [0.4, 0.5) is 0 Å². The summed E-state index contributed by atoms with van der Waals surface area (Å²) in [5.41, 5.74) is 0.0687. The summed E-state index contributed by atoms with van der Waals surface area (Å²) in [6.45, 7) is -1.36. The SMILES string of the molecule is [2H]c1c([2H])c(C)c([2H])c(OC([2H])([2H])C(O)CCCCc2c([2H])c([2H])c(OC)c(OC([2H])([2H])[2H])c2[2H])c1[2H]. The van der Waals surface area contributed by atoms with Gasteiger partial charge in [0.15, 0.2) is 11.5 Å². The number of rotatable bonds is 10. The number of aliphatic hydroxyl groups excluding tert-OH is 1. The lowest BCUT2D eigenvalue weighted by molar-refractivity contribution is 0.0976. The van der Waals surface area contributed by atoms with E-state index in [4.69, 9.17) is 30.7 Å². The molecule has 0 fully saturated rings. The van der Waals surface area contributed by atoms with E-state index in [1.165, 1.54) is 6.92 Å². The molecule has 2 aromatic rings. The van der Waals surface area contributed by atoms with Crippen molar-refractivity contribution in [2.45, 2.75) is 38.7 Å². The highest BCUT2D eigenvalue weighted by molar-refractivity contribution is 5.42. The van der Waals surface area contributed by atoms with Crippen LogP contribution in [0.25, 0.3) is 0 Å². The molecule has 0 aliphatic carbocycles. The third kappa shape index (κ3) is 6.31. The summed E-state index contributed by atoms with van der Waals surface area (Å²) in [5, 5.41) is 10.4. The van der Waals surface area contributed by atoms with Gasteiger partial charge in [0.1, 0.15) is 12.3 Å². The Kier molecular flexibility index (Phi) is 3.36. The minimum Gasteiger partial charge on any atom is -0.493 e. The average Bonchev–Trinajstić information content (AvgIpc) is 2.81. The van der Waals surface area contributed by atoms with Crippen LogP contribution in [0.5, 0.6) is 17.2 Å². The molecular weight excluding hydrogens is 316 g/mol. The molecule has 0 spiro atoms. The van der Waals surface area contributed by atoms with E-state index < -0.39 is 61.4 Å². The lowest BCUT2D eigenvalue weighted by Crippen LogP contribution is -2.17. The highest BCUT2D eigenvalue weighted by Gasteiger charge is 2.07. The molecule has 0 heterocycles. The maximum atomic E-state index is 10.4. The molecule has 1 atom stereocenters. The molecule has 0 aliphatic heterocycles. The normalized spacial score (nSPS) is 19.8. The van der Waals surface area contributed by atoms with Crippen LogP contribution in [-0.4, -0.2) is 31.9 Å². The largest absolute Gasteiger partial charge is 0.493 e. The van der Waals surface area contributed by atoms with Gasteiger partial charge in [-0.25, -0.2) is 0 Å². The van der Waals surface area contributed by atoms with E-state index in [1.54, 1.807) is 0 Å². The fourth-order valence-electron chi connectivity index (χ4n) is 2.05. The second-order valence-electron chi connectivity index (χ2n) is 5.25. The Morgan fingerprint density at radius 2 is 2.04 bits per heavy atom. The molecule has 0 aliphatic rings. The van der Waals surface area contributed by atoms with Gasteiger partial charge >= 0.3 is 0 Å². The zero-order valence-corrected chi connectivity index (χ0v) is 14.1. The van der Waals surface area contributed by atoms with Crippen molar-refractivity contribution in [2.75, 3.05) is 20.7 Å². The quantitative estimate of drug-likeness (QED) is 0.649. The van der Waals surface area contributed by atoms with Crippen molar-refractivity contribution in [3.8, 4) is 17.2 Å². The zero-order chi connectivity index (χ0) is 28.5. The van der Waals surface area contributed by atoms with Gasteiger partial charge in [0.05, 0.1) is 36.7 Å². The van der Waals surface area contributed by atoms with Gasteiger partial charge in [-0.15, -0.1) is 0 Å². The number of aliphatic hydroxyl groups is 1. The van der Waals surface area contributed by atoms with E-state index in [-0.39, 0.29) is 54.6 Å². The molecule has 2 aromatic carbocycles. The molecule has 0 bridgehead atoms. The number of unbranched alkanes of at least 4 members (excludes halogenated alkanes) is 1. The van der Waals surface area contributed by atoms with Crippen molar-refractivity contribution < 1.29 is 35.8 Å². The van der Waals surface area contributed by atoms with E-state index in [0.717, 1.165) is 7.11 Å². The highest BCUT2D eigenvalue weighted by atomic mass is 16.5. The van der Waals surface area contributed by atoms with Crippen LogP contribution < -0.4 is 14.2 Å². The lowest BCUT2D eigenvalue weighted by Gasteiger charge is -2.13. The van der Waals surface area contributed by atoms with Gasteiger partial charge in [-0.05, 0) is 61.5 Å². The van der Waals surface area contributed by atoms with Gasteiger partial charge < -0.3 is 19.3 Å². The average molecular weight is 357 g/mol. The molecule has 1 N–H and O–H groups in total. The zero-order valence-electron chi connectivity index (χ0n) is 26.1. The molecule has 136 valence electrons. The summed E-state index contributed by atoms with van der Waals surface area (Å²) >= 11 is 0. The Labute approximate surface area is 167 Å². The van der Waals surface area contributed by atoms with Crippen LogP contribution >= 0.6 is 0 Å². The van der Waals surface area contributed by atoms with Gasteiger partial charge in [-0.2, -0.15) is 0 Å². The van der Waals surface area contributed by atoms with Crippen molar-refractivity contribution >= 4 is 0 Å². The number of hydrogen-bond donors (Lipinski definition) is 1. The standard InChI is InChI=1S/C21H28O4/c1-16-7-6-10-19(13-16)25-15-18(22)9-5-4-8-17-11-12-20(23-2)21(14-17)24-3/h6-7,10-14,18,22H,4-5,8-9,15H2,1-3H3/i3D3,6D,7D,10D,11D,12D,13D,14D,15D2. The first-order valence-electron chi connectivity index (χ1n) is 13.7. The van der Waals surface area contributed by atoms with Crippen LogP contribution in [0.1, 0.15) is 46.8 Å². The van der Waals surface area contributed by atoms with Crippen LogP contribution in [0.2, 0.25) is 0 Å². The van der Waals surface area contributed by atoms with Crippen LogP contribution in [0, 0.1) is 6.92 Å². The van der Waals surface area contributed by atoms with Crippen molar-refractivity contribution in [2.24, 2.45) is 0 Å². The summed E-state index contributed by atoms with van der Waals surface area (Å²) in [7, 11) is -1.75. The maximum absolute atomic E-state index is 10.4. The Balaban J connectivity index is 2.14. The molecule has 0 saturated heterocycles. The predicted octanol–water partition coefficient (Wildman–Crippen LogP) is 4.16. The molecule has 0 saturated carbocycles. The molecule has 4 heteroatoms. The Morgan fingerprint density at radius 3 is 2.84 bits per heavy atom. The Bertz CT molecular complexity index is 1120. The van der Waals surface area contributed by atoms with E-state index in [9.17, 15) is 5.11 Å². The number of benzene rings is 2. The van der Waals surface area contributed by atoms with E-state index in [1.807, 2.05) is 0 Å². The smallest absolute Gasteiger partial charge is 0.160 e. The molecule has 4 nitrogen and oxygen atoms in total. The molecule has 2 rings (SSSR count). The third-order valence-electron chi connectivity index (χ3n) is 3.28. The van der Waals surface area contributed by atoms with Gasteiger partial charge in [0.25, 0.3) is 0 Å². The van der Waals surface area contributed by atoms with Crippen molar-refractivity contribution in [3.05, 3.63) is 53.4 Å². The molecule has 0 radical (unpaired) electrons. The lowest BCUT2D eigenvalue weighted by atomic mass is 10.0. The first kappa shape index (κ1) is 8.45. The fourth-order valence-corrected chi connectivity index (χ4v) is 2.05. The minimum absolute atomic E-state index is 0.0293. The number of hydrogen-bond acceptors (Lipinski definition) is 4. The summed E-state index contributed by atoms with van der Waals surface area (Å²) in [4.78, 5) is 0.